The molecule has 0 aliphatic heterocycles. The third-order valence-electron chi connectivity index (χ3n) is 3.92. The standard InChI is InChI=1S/C21H22O7/c1-12-6-13(2)19(14(3)7-12)27-11-18(22)28-17-9-15(20(23)25-4)8-16(10-17)21(24)26-5/h6-10H,11H2,1-5H3. The number of rotatable bonds is 6. The van der Waals surface area contributed by atoms with E-state index in [0.29, 0.717) is 5.75 Å². The summed E-state index contributed by atoms with van der Waals surface area (Å²) in [5.74, 6) is -1.41. The van der Waals surface area contributed by atoms with Gasteiger partial charge in [0.1, 0.15) is 11.5 Å². The highest BCUT2D eigenvalue weighted by Crippen LogP contribution is 2.25. The van der Waals surface area contributed by atoms with Gasteiger partial charge in [-0.25, -0.2) is 14.4 Å². The summed E-state index contributed by atoms with van der Waals surface area (Å²) in [5, 5.41) is 0. The van der Waals surface area contributed by atoms with Gasteiger partial charge in [0.25, 0.3) is 0 Å². The van der Waals surface area contributed by atoms with E-state index in [1.54, 1.807) is 0 Å². The summed E-state index contributed by atoms with van der Waals surface area (Å²) in [6.07, 6.45) is 0. The van der Waals surface area contributed by atoms with Crippen molar-refractivity contribution >= 4 is 17.9 Å². The first-order valence-electron chi connectivity index (χ1n) is 8.48. The van der Waals surface area contributed by atoms with Gasteiger partial charge in [-0.1, -0.05) is 17.7 Å². The van der Waals surface area contributed by atoms with Crippen LogP contribution in [0.5, 0.6) is 11.5 Å². The number of ether oxygens (including phenoxy) is 4. The molecule has 0 N–H and O–H groups in total. The second-order valence-electron chi connectivity index (χ2n) is 6.22. The van der Waals surface area contributed by atoms with E-state index in [9.17, 15) is 14.4 Å². The molecule has 0 spiro atoms. The first-order valence-corrected chi connectivity index (χ1v) is 8.48. The molecule has 7 nitrogen and oxygen atoms in total. The van der Waals surface area contributed by atoms with Crippen molar-refractivity contribution in [2.45, 2.75) is 20.8 Å². The summed E-state index contributed by atoms with van der Waals surface area (Å²) in [5.41, 5.74) is 3.02. The van der Waals surface area contributed by atoms with Crippen molar-refractivity contribution in [3.63, 3.8) is 0 Å². The Balaban J connectivity index is 2.17. The molecule has 0 radical (unpaired) electrons. The van der Waals surface area contributed by atoms with Crippen molar-refractivity contribution in [1.29, 1.82) is 0 Å². The number of carbonyl (C=O) groups is 3. The summed E-state index contributed by atoms with van der Waals surface area (Å²) in [4.78, 5) is 35.8. The summed E-state index contributed by atoms with van der Waals surface area (Å²) >= 11 is 0. The predicted molar refractivity (Wildman–Crippen MR) is 101 cm³/mol. The van der Waals surface area contributed by atoms with Gasteiger partial charge in [-0.2, -0.15) is 0 Å². The van der Waals surface area contributed by atoms with Gasteiger partial charge in [-0.05, 0) is 50.1 Å². The van der Waals surface area contributed by atoms with E-state index in [2.05, 4.69) is 9.47 Å². The predicted octanol–water partition coefficient (Wildman–Crippen LogP) is 3.17. The van der Waals surface area contributed by atoms with Crippen LogP contribution >= 0.6 is 0 Å². The maximum Gasteiger partial charge on any atom is 0.349 e. The molecule has 148 valence electrons. The summed E-state index contributed by atoms with van der Waals surface area (Å²) < 4.78 is 20.1. The van der Waals surface area contributed by atoms with Crippen LogP contribution in [0.15, 0.2) is 30.3 Å². The summed E-state index contributed by atoms with van der Waals surface area (Å²) in [6, 6.07) is 7.81. The smallest absolute Gasteiger partial charge is 0.349 e. The Morgan fingerprint density at radius 1 is 0.786 bits per heavy atom. The molecule has 0 heterocycles. The molecule has 0 fully saturated rings. The SMILES string of the molecule is COC(=O)c1cc(OC(=O)COc2c(C)cc(C)cc2C)cc(C(=O)OC)c1. The Kier molecular flexibility index (Phi) is 6.76. The van der Waals surface area contributed by atoms with E-state index >= 15 is 0 Å². The number of methoxy groups -OCH3 is 2. The molecule has 0 aromatic heterocycles. The fourth-order valence-electron chi connectivity index (χ4n) is 2.82. The van der Waals surface area contributed by atoms with Crippen LogP contribution in [-0.2, 0) is 14.3 Å². The van der Waals surface area contributed by atoms with E-state index in [4.69, 9.17) is 9.47 Å². The molecule has 0 bridgehead atoms. The first-order chi connectivity index (χ1) is 13.2. The molecule has 0 aliphatic carbocycles. The van der Waals surface area contributed by atoms with E-state index in [1.807, 2.05) is 32.9 Å². The zero-order valence-corrected chi connectivity index (χ0v) is 16.5. The fourth-order valence-corrected chi connectivity index (χ4v) is 2.82. The Labute approximate surface area is 163 Å². The fraction of sp³-hybridized carbons (Fsp3) is 0.286. The largest absolute Gasteiger partial charge is 0.481 e. The second kappa shape index (κ2) is 9.03. The number of carbonyl (C=O) groups excluding carboxylic acids is 3. The van der Waals surface area contributed by atoms with Crippen molar-refractivity contribution < 1.29 is 33.3 Å². The molecule has 2 rings (SSSR count). The zero-order valence-electron chi connectivity index (χ0n) is 16.5. The topological polar surface area (TPSA) is 88.1 Å². The van der Waals surface area contributed by atoms with Crippen molar-refractivity contribution in [2.24, 2.45) is 0 Å². The third-order valence-corrected chi connectivity index (χ3v) is 3.92. The molecule has 2 aromatic rings. The average molecular weight is 386 g/mol. The lowest BCUT2D eigenvalue weighted by Crippen LogP contribution is -2.19. The summed E-state index contributed by atoms with van der Waals surface area (Å²) in [6.45, 7) is 5.43. The lowest BCUT2D eigenvalue weighted by atomic mass is 10.1. The molecule has 0 atom stereocenters. The van der Waals surface area contributed by atoms with Crippen LogP contribution in [0, 0.1) is 20.8 Å². The van der Waals surface area contributed by atoms with E-state index in [1.165, 1.54) is 32.4 Å². The Morgan fingerprint density at radius 2 is 1.29 bits per heavy atom. The molecule has 0 unspecified atom stereocenters. The quantitative estimate of drug-likeness (QED) is 0.556. The Morgan fingerprint density at radius 3 is 1.75 bits per heavy atom. The van der Waals surface area contributed by atoms with E-state index < -0.39 is 17.9 Å². The molecule has 28 heavy (non-hydrogen) atoms. The zero-order chi connectivity index (χ0) is 20.8. The van der Waals surface area contributed by atoms with Gasteiger partial charge in [-0.15, -0.1) is 0 Å². The Hall–Kier alpha value is -3.35. The first kappa shape index (κ1) is 21.0. The minimum absolute atomic E-state index is 0.00856. The number of hydrogen-bond acceptors (Lipinski definition) is 7. The summed E-state index contributed by atoms with van der Waals surface area (Å²) in [7, 11) is 2.41. The number of esters is 3. The highest BCUT2D eigenvalue weighted by Gasteiger charge is 2.17. The maximum atomic E-state index is 12.2. The highest BCUT2D eigenvalue weighted by molar-refractivity contribution is 5.96. The monoisotopic (exact) mass is 386 g/mol. The van der Waals surface area contributed by atoms with E-state index in [-0.39, 0.29) is 23.5 Å². The van der Waals surface area contributed by atoms with Crippen LogP contribution in [0.25, 0.3) is 0 Å². The van der Waals surface area contributed by atoms with Gasteiger partial charge in [0.2, 0.25) is 0 Å². The van der Waals surface area contributed by atoms with Crippen LogP contribution in [0.3, 0.4) is 0 Å². The average Bonchev–Trinajstić information content (AvgIpc) is 2.65. The van der Waals surface area contributed by atoms with Gasteiger partial charge in [0.05, 0.1) is 25.3 Å². The molecule has 0 amide bonds. The van der Waals surface area contributed by atoms with Crippen molar-refractivity contribution in [3.05, 3.63) is 58.1 Å². The van der Waals surface area contributed by atoms with Crippen LogP contribution in [0.1, 0.15) is 37.4 Å². The highest BCUT2D eigenvalue weighted by atomic mass is 16.6. The van der Waals surface area contributed by atoms with Gasteiger partial charge in [0.15, 0.2) is 6.61 Å². The molecule has 0 aliphatic rings. The lowest BCUT2D eigenvalue weighted by molar-refractivity contribution is -0.136. The molecular formula is C21H22O7. The van der Waals surface area contributed by atoms with Crippen molar-refractivity contribution in [3.8, 4) is 11.5 Å². The van der Waals surface area contributed by atoms with Crippen LogP contribution in [0.4, 0.5) is 0 Å². The number of hydrogen-bond donors (Lipinski definition) is 0. The number of aryl methyl sites for hydroxylation is 3. The van der Waals surface area contributed by atoms with Gasteiger partial charge in [0, 0.05) is 0 Å². The minimum Gasteiger partial charge on any atom is -0.481 e. The lowest BCUT2D eigenvalue weighted by Gasteiger charge is -2.13. The van der Waals surface area contributed by atoms with Crippen LogP contribution in [0.2, 0.25) is 0 Å². The van der Waals surface area contributed by atoms with Crippen molar-refractivity contribution in [1.82, 2.24) is 0 Å². The molecule has 0 saturated heterocycles. The van der Waals surface area contributed by atoms with Crippen LogP contribution < -0.4 is 9.47 Å². The van der Waals surface area contributed by atoms with Gasteiger partial charge >= 0.3 is 17.9 Å². The number of benzene rings is 2. The minimum atomic E-state index is -0.683. The second-order valence-corrected chi connectivity index (χ2v) is 6.22. The maximum absolute atomic E-state index is 12.2. The molecular weight excluding hydrogens is 364 g/mol. The third kappa shape index (κ3) is 5.09. The molecule has 2 aromatic carbocycles. The Bertz CT molecular complexity index is 858. The van der Waals surface area contributed by atoms with Gasteiger partial charge in [-0.3, -0.25) is 0 Å². The van der Waals surface area contributed by atoms with E-state index in [0.717, 1.165) is 16.7 Å². The molecule has 7 heteroatoms. The normalized spacial score (nSPS) is 10.2. The van der Waals surface area contributed by atoms with Crippen molar-refractivity contribution in [2.75, 3.05) is 20.8 Å². The molecule has 0 saturated carbocycles. The van der Waals surface area contributed by atoms with Crippen LogP contribution in [-0.4, -0.2) is 38.7 Å². The van der Waals surface area contributed by atoms with Gasteiger partial charge < -0.3 is 18.9 Å².